The van der Waals surface area contributed by atoms with E-state index in [4.69, 9.17) is 5.73 Å². The lowest BCUT2D eigenvalue weighted by Gasteiger charge is -2.10. The summed E-state index contributed by atoms with van der Waals surface area (Å²) in [4.78, 5) is 11.8. The van der Waals surface area contributed by atoms with Gasteiger partial charge in [-0.15, -0.1) is 0 Å². The van der Waals surface area contributed by atoms with Crippen LogP contribution in [0.5, 0.6) is 0 Å². The summed E-state index contributed by atoms with van der Waals surface area (Å²) >= 11 is 0. The Hall–Kier alpha value is -0.570. The Morgan fingerprint density at radius 3 is 2.26 bits per heavy atom. The van der Waals surface area contributed by atoms with E-state index in [0.29, 0.717) is 0 Å². The number of nitrogens with two attached hydrogens (primary N) is 1. The summed E-state index contributed by atoms with van der Waals surface area (Å²) in [5.74, 6) is 0.417. The normalized spacial score (nSPS) is 22.6. The summed E-state index contributed by atoms with van der Waals surface area (Å²) in [5.41, 5.74) is 5.83. The number of rotatable bonds is 10. The summed E-state index contributed by atoms with van der Waals surface area (Å²) in [6, 6.07) is 0.249. The summed E-state index contributed by atoms with van der Waals surface area (Å²) in [6.45, 7) is 3.10. The Labute approximate surface area is 118 Å². The van der Waals surface area contributed by atoms with Gasteiger partial charge in [0.25, 0.3) is 0 Å². The van der Waals surface area contributed by atoms with E-state index >= 15 is 0 Å². The summed E-state index contributed by atoms with van der Waals surface area (Å²) in [6.07, 6.45) is 13.4. The summed E-state index contributed by atoms with van der Waals surface area (Å²) < 4.78 is 0. The molecule has 0 saturated heterocycles. The van der Waals surface area contributed by atoms with Gasteiger partial charge in [0, 0.05) is 18.5 Å². The zero-order valence-corrected chi connectivity index (χ0v) is 12.6. The highest BCUT2D eigenvalue weighted by Gasteiger charge is 2.27. The standard InChI is InChI=1S/C16H32N2O/c1-2-3-4-5-6-7-8-9-12-18-16(19)14-10-11-15(17)13-14/h14-15H,2-13,17H2,1H3,(H,18,19). The van der Waals surface area contributed by atoms with Crippen molar-refractivity contribution in [2.24, 2.45) is 11.7 Å². The average molecular weight is 268 g/mol. The predicted molar refractivity (Wildman–Crippen MR) is 80.9 cm³/mol. The first-order valence-corrected chi connectivity index (χ1v) is 8.27. The van der Waals surface area contributed by atoms with Crippen LogP contribution in [0.4, 0.5) is 0 Å². The molecule has 1 rings (SSSR count). The third-order valence-corrected chi connectivity index (χ3v) is 4.17. The van der Waals surface area contributed by atoms with Crippen molar-refractivity contribution in [2.75, 3.05) is 6.54 Å². The van der Waals surface area contributed by atoms with Gasteiger partial charge in [-0.25, -0.2) is 0 Å². The molecule has 0 spiro atoms. The maximum absolute atomic E-state index is 11.8. The van der Waals surface area contributed by atoms with Crippen LogP contribution in [0.1, 0.15) is 77.6 Å². The highest BCUT2D eigenvalue weighted by Crippen LogP contribution is 2.23. The minimum absolute atomic E-state index is 0.184. The first kappa shape index (κ1) is 16.5. The zero-order chi connectivity index (χ0) is 13.9. The summed E-state index contributed by atoms with van der Waals surface area (Å²) in [5, 5.41) is 3.06. The molecule has 3 N–H and O–H groups in total. The molecule has 2 unspecified atom stereocenters. The van der Waals surface area contributed by atoms with Crippen LogP contribution in [0.2, 0.25) is 0 Å². The second kappa shape index (κ2) is 10.2. The monoisotopic (exact) mass is 268 g/mol. The molecule has 1 saturated carbocycles. The van der Waals surface area contributed by atoms with Crippen LogP contribution in [-0.2, 0) is 4.79 Å². The van der Waals surface area contributed by atoms with Crippen LogP contribution in [0, 0.1) is 5.92 Å². The molecular weight excluding hydrogens is 236 g/mol. The fourth-order valence-electron chi connectivity index (χ4n) is 2.87. The third-order valence-electron chi connectivity index (χ3n) is 4.17. The molecule has 2 atom stereocenters. The average Bonchev–Trinajstić information content (AvgIpc) is 2.83. The van der Waals surface area contributed by atoms with E-state index < -0.39 is 0 Å². The van der Waals surface area contributed by atoms with Crippen molar-refractivity contribution in [3.63, 3.8) is 0 Å². The minimum Gasteiger partial charge on any atom is -0.356 e. The van der Waals surface area contributed by atoms with Gasteiger partial charge in [0.05, 0.1) is 0 Å². The van der Waals surface area contributed by atoms with Crippen molar-refractivity contribution in [2.45, 2.75) is 83.6 Å². The second-order valence-corrected chi connectivity index (χ2v) is 6.04. The molecule has 1 aliphatic carbocycles. The van der Waals surface area contributed by atoms with Gasteiger partial charge in [-0.05, 0) is 25.7 Å². The van der Waals surface area contributed by atoms with E-state index in [1.807, 2.05) is 0 Å². The highest BCUT2D eigenvalue weighted by molar-refractivity contribution is 5.78. The molecule has 0 aromatic rings. The molecule has 0 bridgehead atoms. The van der Waals surface area contributed by atoms with Gasteiger partial charge in [-0.2, -0.15) is 0 Å². The lowest BCUT2D eigenvalue weighted by Crippen LogP contribution is -2.31. The Bertz CT molecular complexity index is 243. The molecule has 112 valence electrons. The van der Waals surface area contributed by atoms with Crippen LogP contribution in [-0.4, -0.2) is 18.5 Å². The quantitative estimate of drug-likeness (QED) is 0.597. The van der Waals surface area contributed by atoms with E-state index in [2.05, 4.69) is 12.2 Å². The van der Waals surface area contributed by atoms with Crippen molar-refractivity contribution in [1.29, 1.82) is 0 Å². The first-order chi connectivity index (χ1) is 9.24. The molecule has 0 heterocycles. The number of carbonyl (C=O) groups excluding carboxylic acids is 1. The van der Waals surface area contributed by atoms with Crippen LogP contribution < -0.4 is 11.1 Å². The van der Waals surface area contributed by atoms with Crippen LogP contribution in [0.25, 0.3) is 0 Å². The Kier molecular flexibility index (Phi) is 8.89. The number of hydrogen-bond donors (Lipinski definition) is 2. The van der Waals surface area contributed by atoms with E-state index in [0.717, 1.165) is 32.2 Å². The SMILES string of the molecule is CCCCCCCCCCNC(=O)C1CCC(N)C1. The Morgan fingerprint density at radius 1 is 1.05 bits per heavy atom. The minimum atomic E-state index is 0.184. The van der Waals surface area contributed by atoms with Gasteiger partial charge in [0.15, 0.2) is 0 Å². The van der Waals surface area contributed by atoms with Gasteiger partial charge in [-0.1, -0.05) is 51.9 Å². The molecule has 0 aliphatic heterocycles. The maximum Gasteiger partial charge on any atom is 0.223 e. The van der Waals surface area contributed by atoms with Gasteiger partial charge < -0.3 is 11.1 Å². The van der Waals surface area contributed by atoms with Gasteiger partial charge in [0.1, 0.15) is 0 Å². The predicted octanol–water partition coefficient (Wildman–Crippen LogP) is 3.37. The fourth-order valence-corrected chi connectivity index (χ4v) is 2.87. The second-order valence-electron chi connectivity index (χ2n) is 6.04. The maximum atomic E-state index is 11.8. The third kappa shape index (κ3) is 7.56. The van der Waals surface area contributed by atoms with Gasteiger partial charge >= 0.3 is 0 Å². The van der Waals surface area contributed by atoms with E-state index in [-0.39, 0.29) is 17.9 Å². The van der Waals surface area contributed by atoms with Crippen LogP contribution in [0.15, 0.2) is 0 Å². The van der Waals surface area contributed by atoms with Crippen LogP contribution >= 0.6 is 0 Å². The molecule has 0 aromatic carbocycles. The highest BCUT2D eigenvalue weighted by atomic mass is 16.1. The zero-order valence-electron chi connectivity index (χ0n) is 12.6. The van der Waals surface area contributed by atoms with Crippen molar-refractivity contribution in [3.8, 4) is 0 Å². The van der Waals surface area contributed by atoms with Crippen molar-refractivity contribution >= 4 is 5.91 Å². The Balaban J connectivity index is 1.86. The van der Waals surface area contributed by atoms with E-state index in [9.17, 15) is 4.79 Å². The topological polar surface area (TPSA) is 55.1 Å². The molecule has 1 fully saturated rings. The molecule has 3 heteroatoms. The molecular formula is C16H32N2O. The fraction of sp³-hybridized carbons (Fsp3) is 0.938. The smallest absolute Gasteiger partial charge is 0.223 e. The number of amides is 1. The molecule has 0 radical (unpaired) electrons. The number of unbranched alkanes of at least 4 members (excludes halogenated alkanes) is 7. The molecule has 19 heavy (non-hydrogen) atoms. The van der Waals surface area contributed by atoms with E-state index in [1.54, 1.807) is 0 Å². The van der Waals surface area contributed by atoms with Crippen molar-refractivity contribution in [1.82, 2.24) is 5.32 Å². The molecule has 1 amide bonds. The van der Waals surface area contributed by atoms with Gasteiger partial charge in [0.2, 0.25) is 5.91 Å². The first-order valence-electron chi connectivity index (χ1n) is 8.27. The van der Waals surface area contributed by atoms with Crippen LogP contribution in [0.3, 0.4) is 0 Å². The number of nitrogens with one attached hydrogen (secondary N) is 1. The largest absolute Gasteiger partial charge is 0.356 e. The molecule has 0 aromatic heterocycles. The number of hydrogen-bond acceptors (Lipinski definition) is 2. The van der Waals surface area contributed by atoms with Crippen molar-refractivity contribution < 1.29 is 4.79 Å². The van der Waals surface area contributed by atoms with Crippen molar-refractivity contribution in [3.05, 3.63) is 0 Å². The number of carbonyl (C=O) groups is 1. The molecule has 3 nitrogen and oxygen atoms in total. The van der Waals surface area contributed by atoms with Gasteiger partial charge in [-0.3, -0.25) is 4.79 Å². The van der Waals surface area contributed by atoms with E-state index in [1.165, 1.54) is 44.9 Å². The summed E-state index contributed by atoms with van der Waals surface area (Å²) in [7, 11) is 0. The molecule has 1 aliphatic rings. The lowest BCUT2D eigenvalue weighted by atomic mass is 10.1. The lowest BCUT2D eigenvalue weighted by molar-refractivity contribution is -0.124. The Morgan fingerprint density at radius 2 is 1.68 bits per heavy atom.